The van der Waals surface area contributed by atoms with E-state index in [2.05, 4.69) is 53.4 Å². The molecule has 1 N–H and O–H groups in total. The van der Waals surface area contributed by atoms with Crippen molar-refractivity contribution < 1.29 is 4.79 Å². The molecule has 0 saturated carbocycles. The summed E-state index contributed by atoms with van der Waals surface area (Å²) in [5, 5.41) is 3.09. The molecule has 7 heteroatoms. The first-order valence-electron chi connectivity index (χ1n) is 13.0. The summed E-state index contributed by atoms with van der Waals surface area (Å²) in [6, 6.07) is 20.4. The van der Waals surface area contributed by atoms with Crippen molar-refractivity contribution in [2.45, 2.75) is 45.8 Å². The number of nitrogens with one attached hydrogen (secondary N) is 1. The smallest absolute Gasteiger partial charge is 0.317 e. The fraction of sp³-hybridized carbons (Fsp3) is 0.414. The molecule has 0 spiro atoms. The topological polar surface area (TPSA) is 64.6 Å². The molecule has 2 aliphatic rings. The van der Waals surface area contributed by atoms with Crippen LogP contribution in [0.2, 0.25) is 0 Å². The van der Waals surface area contributed by atoms with Crippen LogP contribution in [0.25, 0.3) is 0 Å². The lowest BCUT2D eigenvalue weighted by Crippen LogP contribution is -2.44. The standard InChI is InChI=1S/C29H36N6O/c1-22-13-16-34(17-14-22)27-25-21-35(29(36)30-19-23-9-5-3-6-10-23)18-15-26(25)31-28(32-27)33(2)20-24-11-7-4-8-12-24/h3-12,22H,13-21H2,1-2H3,(H,30,36). The van der Waals surface area contributed by atoms with Crippen LogP contribution in [0.15, 0.2) is 60.7 Å². The molecule has 1 fully saturated rings. The van der Waals surface area contributed by atoms with E-state index in [1.807, 2.05) is 41.3 Å². The molecule has 3 heterocycles. The molecule has 0 atom stereocenters. The predicted molar refractivity (Wildman–Crippen MR) is 144 cm³/mol. The Morgan fingerprint density at radius 2 is 1.64 bits per heavy atom. The number of benzene rings is 2. The summed E-state index contributed by atoms with van der Waals surface area (Å²) in [5.74, 6) is 2.50. The van der Waals surface area contributed by atoms with E-state index in [0.29, 0.717) is 19.6 Å². The molecule has 7 nitrogen and oxygen atoms in total. The van der Waals surface area contributed by atoms with Gasteiger partial charge < -0.3 is 20.0 Å². The first kappa shape index (κ1) is 24.1. The van der Waals surface area contributed by atoms with Crippen molar-refractivity contribution in [2.75, 3.05) is 36.5 Å². The third-order valence-electron chi connectivity index (χ3n) is 7.29. The maximum atomic E-state index is 13.0. The highest BCUT2D eigenvalue weighted by molar-refractivity contribution is 5.75. The molecule has 36 heavy (non-hydrogen) atoms. The Kier molecular flexibility index (Phi) is 7.35. The molecule has 0 bridgehead atoms. The van der Waals surface area contributed by atoms with Gasteiger partial charge in [-0.1, -0.05) is 67.6 Å². The second-order valence-corrected chi connectivity index (χ2v) is 10.1. The Balaban J connectivity index is 1.37. The monoisotopic (exact) mass is 484 g/mol. The average Bonchev–Trinajstić information content (AvgIpc) is 2.92. The van der Waals surface area contributed by atoms with Crippen molar-refractivity contribution in [3.63, 3.8) is 0 Å². The second-order valence-electron chi connectivity index (χ2n) is 10.1. The van der Waals surface area contributed by atoms with Gasteiger partial charge in [-0.05, 0) is 29.9 Å². The lowest BCUT2D eigenvalue weighted by Gasteiger charge is -2.36. The number of carbonyl (C=O) groups is 1. The van der Waals surface area contributed by atoms with Crippen molar-refractivity contribution in [3.05, 3.63) is 83.0 Å². The molecular formula is C29H36N6O. The maximum Gasteiger partial charge on any atom is 0.317 e. The van der Waals surface area contributed by atoms with Crippen molar-refractivity contribution in [3.8, 4) is 0 Å². The van der Waals surface area contributed by atoms with Crippen LogP contribution in [0.1, 0.15) is 42.1 Å². The van der Waals surface area contributed by atoms with E-state index < -0.39 is 0 Å². The predicted octanol–water partition coefficient (Wildman–Crippen LogP) is 4.62. The fourth-order valence-electron chi connectivity index (χ4n) is 5.02. The van der Waals surface area contributed by atoms with Crippen LogP contribution >= 0.6 is 0 Å². The molecule has 2 amide bonds. The first-order valence-corrected chi connectivity index (χ1v) is 13.0. The first-order chi connectivity index (χ1) is 17.6. The van der Waals surface area contributed by atoms with Crippen LogP contribution in [-0.2, 0) is 26.1 Å². The molecule has 0 unspecified atom stereocenters. The van der Waals surface area contributed by atoms with Crippen LogP contribution in [0.4, 0.5) is 16.6 Å². The van der Waals surface area contributed by atoms with Gasteiger partial charge in [-0.15, -0.1) is 0 Å². The molecule has 0 radical (unpaired) electrons. The molecule has 1 saturated heterocycles. The highest BCUT2D eigenvalue weighted by Crippen LogP contribution is 2.31. The summed E-state index contributed by atoms with van der Waals surface area (Å²) in [5.41, 5.74) is 4.50. The summed E-state index contributed by atoms with van der Waals surface area (Å²) < 4.78 is 0. The molecule has 0 aliphatic carbocycles. The van der Waals surface area contributed by atoms with E-state index in [1.54, 1.807) is 0 Å². The number of urea groups is 1. The van der Waals surface area contributed by atoms with E-state index in [1.165, 1.54) is 5.56 Å². The largest absolute Gasteiger partial charge is 0.356 e. The van der Waals surface area contributed by atoms with Gasteiger partial charge in [0.15, 0.2) is 0 Å². The zero-order chi connectivity index (χ0) is 24.9. The molecule has 2 aliphatic heterocycles. The van der Waals surface area contributed by atoms with E-state index in [-0.39, 0.29) is 6.03 Å². The van der Waals surface area contributed by atoms with Crippen LogP contribution < -0.4 is 15.1 Å². The number of hydrogen-bond donors (Lipinski definition) is 1. The normalized spacial score (nSPS) is 15.9. The van der Waals surface area contributed by atoms with Gasteiger partial charge >= 0.3 is 6.03 Å². The van der Waals surface area contributed by atoms with Crippen molar-refractivity contribution >= 4 is 17.8 Å². The van der Waals surface area contributed by atoms with Gasteiger partial charge in [0.2, 0.25) is 5.95 Å². The summed E-state index contributed by atoms with van der Waals surface area (Å²) in [7, 11) is 2.06. The van der Waals surface area contributed by atoms with Gasteiger partial charge in [-0.25, -0.2) is 9.78 Å². The number of nitrogens with zero attached hydrogens (tertiary/aromatic N) is 5. The van der Waals surface area contributed by atoms with E-state index >= 15 is 0 Å². The average molecular weight is 485 g/mol. The highest BCUT2D eigenvalue weighted by Gasteiger charge is 2.29. The van der Waals surface area contributed by atoms with Gasteiger partial charge in [0.05, 0.1) is 12.2 Å². The Labute approximate surface area is 214 Å². The minimum Gasteiger partial charge on any atom is -0.356 e. The lowest BCUT2D eigenvalue weighted by atomic mass is 9.98. The molecule has 188 valence electrons. The SMILES string of the molecule is CC1CCN(c2nc(N(C)Cc3ccccc3)nc3c2CN(C(=O)NCc2ccccc2)CC3)CC1. The Morgan fingerprint density at radius 3 is 2.33 bits per heavy atom. The van der Waals surface area contributed by atoms with Crippen LogP contribution in [0.5, 0.6) is 0 Å². The summed E-state index contributed by atoms with van der Waals surface area (Å²) in [4.78, 5) is 29.6. The number of rotatable bonds is 6. The van der Waals surface area contributed by atoms with Crippen molar-refractivity contribution in [1.82, 2.24) is 20.2 Å². The third-order valence-corrected chi connectivity index (χ3v) is 7.29. The number of hydrogen-bond acceptors (Lipinski definition) is 5. The van der Waals surface area contributed by atoms with Gasteiger partial charge in [-0.3, -0.25) is 0 Å². The van der Waals surface area contributed by atoms with Gasteiger partial charge in [0.1, 0.15) is 5.82 Å². The number of fused-ring (bicyclic) bond motifs is 1. The zero-order valence-corrected chi connectivity index (χ0v) is 21.4. The minimum atomic E-state index is -0.0343. The quantitative estimate of drug-likeness (QED) is 0.553. The number of amides is 2. The zero-order valence-electron chi connectivity index (χ0n) is 21.4. The Hall–Kier alpha value is -3.61. The van der Waals surface area contributed by atoms with Gasteiger partial charge in [-0.2, -0.15) is 4.98 Å². The number of anilines is 2. The number of carbonyl (C=O) groups excluding carboxylic acids is 1. The number of piperidine rings is 1. The van der Waals surface area contributed by atoms with Crippen molar-refractivity contribution in [2.24, 2.45) is 5.92 Å². The molecule has 3 aromatic rings. The Bertz CT molecular complexity index is 1160. The summed E-state index contributed by atoms with van der Waals surface area (Å²) in [6.45, 7) is 6.79. The van der Waals surface area contributed by atoms with Crippen LogP contribution in [-0.4, -0.2) is 47.6 Å². The van der Waals surface area contributed by atoms with Crippen molar-refractivity contribution in [1.29, 1.82) is 0 Å². The fourth-order valence-corrected chi connectivity index (χ4v) is 5.02. The molecule has 5 rings (SSSR count). The lowest BCUT2D eigenvalue weighted by molar-refractivity contribution is 0.191. The summed E-state index contributed by atoms with van der Waals surface area (Å²) in [6.07, 6.45) is 3.06. The van der Waals surface area contributed by atoms with Gasteiger partial charge in [0.25, 0.3) is 0 Å². The highest BCUT2D eigenvalue weighted by atomic mass is 16.2. The molecular weight excluding hydrogens is 448 g/mol. The minimum absolute atomic E-state index is 0.0343. The second kappa shape index (κ2) is 11.0. The third kappa shape index (κ3) is 5.61. The number of aromatic nitrogens is 2. The summed E-state index contributed by atoms with van der Waals surface area (Å²) >= 11 is 0. The van der Waals surface area contributed by atoms with Crippen LogP contribution in [0, 0.1) is 5.92 Å². The molecule has 1 aromatic heterocycles. The van der Waals surface area contributed by atoms with Gasteiger partial charge in [0, 0.05) is 51.8 Å². The van der Waals surface area contributed by atoms with E-state index in [9.17, 15) is 4.79 Å². The van der Waals surface area contributed by atoms with E-state index in [4.69, 9.17) is 9.97 Å². The Morgan fingerprint density at radius 1 is 0.972 bits per heavy atom. The maximum absolute atomic E-state index is 13.0. The van der Waals surface area contributed by atoms with Crippen LogP contribution in [0.3, 0.4) is 0 Å². The van der Waals surface area contributed by atoms with E-state index in [0.717, 1.165) is 73.4 Å². The molecule has 2 aromatic carbocycles.